The third-order valence-electron chi connectivity index (χ3n) is 10.3. The van der Waals surface area contributed by atoms with Crippen molar-refractivity contribution in [2.24, 2.45) is 17.8 Å². The molecule has 7 nitrogen and oxygen atoms in total. The Hall–Kier alpha value is -3.32. The Bertz CT molecular complexity index is 1490. The zero-order valence-electron chi connectivity index (χ0n) is 22.6. The molecule has 4 aliphatic carbocycles. The number of halogens is 1. The molecule has 1 aromatic heterocycles. The standard InChI is InChI=1S/C32H34ClN3O4/c1-31(28-24(23-4-2-3-5-25(23)34-28)13-26(30(39)40)36(31)27(37)17-33)22-8-6-21(7-9-22)29(38)35-32-14-18-10-19(15-32)12-20(11-18)16-32/h2-9,18-20,26,34H,10-17H2,1H3,(H,35,38)(H,39,40)/t18?,19?,20?,26-,31-,32?/m1/s1. The summed E-state index contributed by atoms with van der Waals surface area (Å²) in [5, 5.41) is 14.6. The largest absolute Gasteiger partial charge is 0.480 e. The van der Waals surface area contributed by atoms with Gasteiger partial charge < -0.3 is 20.3 Å². The van der Waals surface area contributed by atoms with Crippen molar-refractivity contribution in [1.82, 2.24) is 15.2 Å². The molecule has 8 heteroatoms. The molecule has 8 rings (SSSR count). The molecule has 0 unspecified atom stereocenters. The van der Waals surface area contributed by atoms with Gasteiger partial charge in [0, 0.05) is 34.1 Å². The van der Waals surface area contributed by atoms with E-state index in [1.807, 2.05) is 43.3 Å². The number of amides is 2. The fourth-order valence-corrected chi connectivity index (χ4v) is 9.16. The van der Waals surface area contributed by atoms with Gasteiger partial charge >= 0.3 is 5.97 Å². The molecule has 4 saturated carbocycles. The molecule has 2 amide bonds. The molecule has 0 radical (unpaired) electrons. The van der Waals surface area contributed by atoms with Gasteiger partial charge in [0.2, 0.25) is 5.91 Å². The molecular weight excluding hydrogens is 526 g/mol. The van der Waals surface area contributed by atoms with Crippen molar-refractivity contribution in [1.29, 1.82) is 0 Å². The van der Waals surface area contributed by atoms with E-state index in [-0.39, 0.29) is 23.7 Å². The monoisotopic (exact) mass is 559 g/mol. The Morgan fingerprint density at radius 2 is 1.62 bits per heavy atom. The molecule has 4 fully saturated rings. The number of aromatic nitrogens is 1. The third kappa shape index (κ3) is 3.80. The number of hydrogen-bond donors (Lipinski definition) is 3. The van der Waals surface area contributed by atoms with Crippen molar-refractivity contribution < 1.29 is 19.5 Å². The number of H-pyrrole nitrogens is 1. The number of rotatable bonds is 5. The lowest BCUT2D eigenvalue weighted by molar-refractivity contribution is -0.155. The SMILES string of the molecule is C[C@@]1(c2ccc(C(=O)NC34CC5CC(CC(C5)C3)C4)cc2)c2[nH]c3ccccc3c2C[C@H](C(=O)O)N1C(=O)CCl. The number of hydrogen-bond acceptors (Lipinski definition) is 3. The quantitative estimate of drug-likeness (QED) is 0.374. The highest BCUT2D eigenvalue weighted by atomic mass is 35.5. The maximum atomic E-state index is 13.5. The number of carboxylic acids is 1. The molecule has 3 N–H and O–H groups in total. The van der Waals surface area contributed by atoms with Crippen molar-refractivity contribution in [3.8, 4) is 0 Å². The van der Waals surface area contributed by atoms with Crippen molar-refractivity contribution in [3.05, 3.63) is 70.9 Å². The Kier molecular flexibility index (Phi) is 5.83. The summed E-state index contributed by atoms with van der Waals surface area (Å²) >= 11 is 6.04. The number of aliphatic carboxylic acids is 1. The van der Waals surface area contributed by atoms with Crippen LogP contribution < -0.4 is 5.32 Å². The minimum atomic E-state index is -1.13. The molecule has 208 valence electrons. The molecule has 3 aromatic rings. The zero-order valence-corrected chi connectivity index (χ0v) is 23.3. The Morgan fingerprint density at radius 3 is 2.23 bits per heavy atom. The smallest absolute Gasteiger partial charge is 0.326 e. The highest BCUT2D eigenvalue weighted by Gasteiger charge is 2.52. The van der Waals surface area contributed by atoms with Gasteiger partial charge in [-0.3, -0.25) is 9.59 Å². The van der Waals surface area contributed by atoms with Crippen molar-refractivity contribution in [2.45, 2.75) is 69.0 Å². The van der Waals surface area contributed by atoms with Crippen LogP contribution in [0.4, 0.5) is 0 Å². The molecule has 2 heterocycles. The van der Waals surface area contributed by atoms with Gasteiger partial charge in [-0.1, -0.05) is 30.3 Å². The molecule has 1 aliphatic heterocycles. The lowest BCUT2D eigenvalue weighted by Gasteiger charge is -2.56. The van der Waals surface area contributed by atoms with E-state index in [4.69, 9.17) is 11.6 Å². The van der Waals surface area contributed by atoms with Gasteiger partial charge in [0.1, 0.15) is 17.5 Å². The minimum Gasteiger partial charge on any atom is -0.480 e. The van der Waals surface area contributed by atoms with Crippen molar-refractivity contribution >= 4 is 40.3 Å². The number of carbonyl (C=O) groups is 3. The first-order valence-corrected chi connectivity index (χ1v) is 14.9. The Balaban J connectivity index is 1.26. The zero-order chi connectivity index (χ0) is 27.8. The number of benzene rings is 2. The van der Waals surface area contributed by atoms with E-state index in [1.165, 1.54) is 24.2 Å². The highest BCUT2D eigenvalue weighted by molar-refractivity contribution is 6.27. The number of carboxylic acid groups (broad SMARTS) is 1. The van der Waals surface area contributed by atoms with Crippen LogP contribution in [0.1, 0.15) is 72.6 Å². The summed E-state index contributed by atoms with van der Waals surface area (Å²) in [6, 6.07) is 14.0. The van der Waals surface area contributed by atoms with Gasteiger partial charge in [-0.2, -0.15) is 0 Å². The first-order valence-electron chi connectivity index (χ1n) is 14.3. The summed E-state index contributed by atoms with van der Waals surface area (Å²) in [4.78, 5) is 44.2. The molecule has 0 saturated heterocycles. The van der Waals surface area contributed by atoms with E-state index in [0.29, 0.717) is 5.56 Å². The van der Waals surface area contributed by atoms with Gasteiger partial charge in [-0.25, -0.2) is 4.79 Å². The first-order chi connectivity index (χ1) is 19.2. The lowest BCUT2D eigenvalue weighted by Crippen LogP contribution is -2.60. The summed E-state index contributed by atoms with van der Waals surface area (Å²) in [5.41, 5.74) is 2.61. The summed E-state index contributed by atoms with van der Waals surface area (Å²) in [6.07, 6.45) is 7.36. The van der Waals surface area contributed by atoms with E-state index in [0.717, 1.165) is 64.7 Å². The van der Waals surface area contributed by atoms with Crippen LogP contribution >= 0.6 is 11.6 Å². The van der Waals surface area contributed by atoms with E-state index in [1.54, 1.807) is 12.1 Å². The van der Waals surface area contributed by atoms with Gasteiger partial charge in [-0.15, -0.1) is 11.6 Å². The molecule has 40 heavy (non-hydrogen) atoms. The number of nitrogens with one attached hydrogen (secondary N) is 2. The summed E-state index contributed by atoms with van der Waals surface area (Å²) in [6.45, 7) is 1.87. The number of fused-ring (bicyclic) bond motifs is 3. The van der Waals surface area contributed by atoms with Crippen LogP contribution in [0, 0.1) is 17.8 Å². The summed E-state index contributed by atoms with van der Waals surface area (Å²) in [7, 11) is 0. The van der Waals surface area contributed by atoms with Crippen LogP contribution in [-0.4, -0.2) is 50.2 Å². The maximum Gasteiger partial charge on any atom is 0.326 e. The average Bonchev–Trinajstić information content (AvgIpc) is 3.31. The molecule has 2 aromatic carbocycles. The summed E-state index contributed by atoms with van der Waals surface area (Å²) in [5.74, 6) is 0.276. The van der Waals surface area contributed by atoms with E-state index < -0.39 is 23.5 Å². The van der Waals surface area contributed by atoms with Crippen LogP contribution in [0.2, 0.25) is 0 Å². The average molecular weight is 560 g/mol. The highest BCUT2D eigenvalue weighted by Crippen LogP contribution is 2.55. The normalized spacial score (nSPS) is 32.2. The minimum absolute atomic E-state index is 0.0642. The fourth-order valence-electron chi connectivity index (χ4n) is 9.04. The molecule has 4 bridgehead atoms. The number of alkyl halides is 1. The van der Waals surface area contributed by atoms with Crippen LogP contribution in [-0.2, 0) is 21.5 Å². The van der Waals surface area contributed by atoms with Gasteiger partial charge in [0.15, 0.2) is 0 Å². The van der Waals surface area contributed by atoms with E-state index in [2.05, 4.69) is 10.3 Å². The molecule has 5 aliphatic rings. The van der Waals surface area contributed by atoms with Gasteiger partial charge in [0.25, 0.3) is 5.91 Å². The third-order valence-corrected chi connectivity index (χ3v) is 10.5. The molecular formula is C32H34ClN3O4. The van der Waals surface area contributed by atoms with Crippen LogP contribution in [0.25, 0.3) is 10.9 Å². The summed E-state index contributed by atoms with van der Waals surface area (Å²) < 4.78 is 0. The van der Waals surface area contributed by atoms with E-state index >= 15 is 0 Å². The Labute approximate surface area is 238 Å². The van der Waals surface area contributed by atoms with Gasteiger partial charge in [0.05, 0.1) is 0 Å². The second kappa shape index (κ2) is 9.10. The van der Waals surface area contributed by atoms with E-state index in [9.17, 15) is 19.5 Å². The molecule has 0 spiro atoms. The second-order valence-corrected chi connectivity index (χ2v) is 13.0. The van der Waals surface area contributed by atoms with Crippen LogP contribution in [0.3, 0.4) is 0 Å². The number of nitrogens with zero attached hydrogens (tertiary/aromatic N) is 1. The number of para-hydroxylation sites is 1. The predicted molar refractivity (Wildman–Crippen MR) is 152 cm³/mol. The maximum absolute atomic E-state index is 13.5. The second-order valence-electron chi connectivity index (χ2n) is 12.8. The van der Waals surface area contributed by atoms with Crippen LogP contribution in [0.15, 0.2) is 48.5 Å². The number of aromatic amines is 1. The Morgan fingerprint density at radius 1 is 1.00 bits per heavy atom. The van der Waals surface area contributed by atoms with Crippen molar-refractivity contribution in [2.75, 3.05) is 5.88 Å². The van der Waals surface area contributed by atoms with Crippen LogP contribution in [0.5, 0.6) is 0 Å². The predicted octanol–water partition coefficient (Wildman–Crippen LogP) is 5.21. The van der Waals surface area contributed by atoms with Crippen molar-refractivity contribution in [3.63, 3.8) is 0 Å². The number of carbonyl (C=O) groups excluding carboxylic acids is 2. The fraction of sp³-hybridized carbons (Fsp3) is 0.469. The molecule has 2 atom stereocenters. The topological polar surface area (TPSA) is 102 Å². The lowest BCUT2D eigenvalue weighted by atomic mass is 9.53. The first kappa shape index (κ1) is 25.6. The van der Waals surface area contributed by atoms with Gasteiger partial charge in [-0.05, 0) is 92.5 Å².